The lowest BCUT2D eigenvalue weighted by molar-refractivity contribution is -0.142. The van der Waals surface area contributed by atoms with Gasteiger partial charge in [-0.1, -0.05) is 0 Å². The molecule has 9 heteroatoms. The minimum absolute atomic E-state index is 0.388. The zero-order valence-electron chi connectivity index (χ0n) is 9.06. The molecule has 0 aliphatic carbocycles. The van der Waals surface area contributed by atoms with Crippen LogP contribution in [0.25, 0.3) is 0 Å². The van der Waals surface area contributed by atoms with E-state index in [2.05, 4.69) is 19.1 Å². The number of ether oxygens (including phenoxy) is 1. The van der Waals surface area contributed by atoms with Crippen molar-refractivity contribution in [3.63, 3.8) is 0 Å². The number of methoxy groups -OCH3 is 1. The third-order valence-corrected chi connectivity index (χ3v) is 3.90. The number of halogens is 1. The van der Waals surface area contributed by atoms with Crippen molar-refractivity contribution in [3.05, 3.63) is 0 Å². The fourth-order valence-corrected chi connectivity index (χ4v) is 2.17. The Hall–Kier alpha value is -0.620. The molecule has 0 aliphatic heterocycles. The second kappa shape index (κ2) is 6.85. The summed E-state index contributed by atoms with van der Waals surface area (Å²) < 4.78 is 25.5. The third-order valence-electron chi connectivity index (χ3n) is 1.67. The molecule has 0 rings (SSSR count). The summed E-state index contributed by atoms with van der Waals surface area (Å²) in [4.78, 5) is 22.4. The van der Waals surface area contributed by atoms with E-state index < -0.39 is 25.3 Å². The van der Waals surface area contributed by atoms with Crippen molar-refractivity contribution in [2.75, 3.05) is 27.2 Å². The monoisotopic (exact) mass is 273 g/mol. The summed E-state index contributed by atoms with van der Waals surface area (Å²) in [5, 5.41) is 2.10. The fraction of sp³-hybridized carbons (Fsp3) is 0.714. The largest absolute Gasteiger partial charge is 0.467 e. The normalized spacial score (nSPS) is 13.0. The molecule has 1 amide bonds. The topological polar surface area (TPSA) is 90.9 Å². The van der Waals surface area contributed by atoms with E-state index >= 15 is 0 Å². The molecule has 1 unspecified atom stereocenters. The van der Waals surface area contributed by atoms with Gasteiger partial charge >= 0.3 is 13.6 Å². The molecule has 7 nitrogen and oxygen atoms in total. The van der Waals surface area contributed by atoms with Gasteiger partial charge < -0.3 is 19.1 Å². The molecule has 1 N–H and O–H groups in total. The molecule has 16 heavy (non-hydrogen) atoms. The maximum absolute atomic E-state index is 11.9. The first-order valence-electron chi connectivity index (χ1n) is 4.09. The minimum atomic E-state index is -3.80. The molecule has 0 fully saturated rings. The van der Waals surface area contributed by atoms with Crippen LogP contribution in [0, 0.1) is 0 Å². The van der Waals surface area contributed by atoms with Crippen LogP contribution in [0.5, 0.6) is 0 Å². The lowest BCUT2D eigenvalue weighted by Gasteiger charge is -2.22. The van der Waals surface area contributed by atoms with E-state index in [1.807, 2.05) is 0 Å². The average Bonchev–Trinajstić information content (AvgIpc) is 2.33. The molecule has 0 aromatic heterocycles. The lowest BCUT2D eigenvalue weighted by Crippen LogP contribution is -2.42. The van der Waals surface area contributed by atoms with E-state index in [-0.39, 0.29) is 5.88 Å². The SMILES string of the molecule is COC(=O)C(NC(=O)CCl)P(=O)(OC)OC. The van der Waals surface area contributed by atoms with Crippen LogP contribution in [0.3, 0.4) is 0 Å². The highest BCUT2D eigenvalue weighted by molar-refractivity contribution is 7.55. The Balaban J connectivity index is 5.00. The molecular weight excluding hydrogens is 261 g/mol. The molecule has 0 aromatic carbocycles. The van der Waals surface area contributed by atoms with E-state index in [4.69, 9.17) is 11.6 Å². The Labute approximate surface area is 97.9 Å². The maximum Gasteiger partial charge on any atom is 0.363 e. The number of esters is 1. The van der Waals surface area contributed by atoms with Gasteiger partial charge in [0, 0.05) is 14.2 Å². The second-order valence-electron chi connectivity index (χ2n) is 2.53. The maximum atomic E-state index is 11.9. The van der Waals surface area contributed by atoms with Crippen LogP contribution in [0.4, 0.5) is 0 Å². The molecule has 0 saturated carbocycles. The van der Waals surface area contributed by atoms with Crippen molar-refractivity contribution in [2.45, 2.75) is 5.78 Å². The Bertz CT molecular complexity index is 301. The average molecular weight is 274 g/mol. The van der Waals surface area contributed by atoms with Crippen molar-refractivity contribution in [1.29, 1.82) is 0 Å². The van der Waals surface area contributed by atoms with Crippen LogP contribution in [0.1, 0.15) is 0 Å². The first-order valence-corrected chi connectivity index (χ1v) is 6.24. The summed E-state index contributed by atoms with van der Waals surface area (Å²) in [6, 6.07) is 0. The highest BCUT2D eigenvalue weighted by Crippen LogP contribution is 2.50. The molecule has 94 valence electrons. The van der Waals surface area contributed by atoms with Gasteiger partial charge in [0.15, 0.2) is 0 Å². The van der Waals surface area contributed by atoms with E-state index in [1.54, 1.807) is 0 Å². The summed E-state index contributed by atoms with van der Waals surface area (Å²) in [7, 11) is -0.534. The number of nitrogens with one attached hydrogen (secondary N) is 1. The molecule has 0 saturated heterocycles. The van der Waals surface area contributed by atoms with E-state index in [1.165, 1.54) is 0 Å². The molecule has 0 heterocycles. The van der Waals surface area contributed by atoms with Crippen LogP contribution in [-0.2, 0) is 27.9 Å². The fourth-order valence-electron chi connectivity index (χ4n) is 0.855. The Morgan fingerprint density at radius 1 is 1.31 bits per heavy atom. The second-order valence-corrected chi connectivity index (χ2v) is 5.13. The van der Waals surface area contributed by atoms with Crippen LogP contribution < -0.4 is 5.32 Å². The molecule has 0 aromatic rings. The zero-order valence-corrected chi connectivity index (χ0v) is 10.7. The Morgan fingerprint density at radius 2 is 1.81 bits per heavy atom. The van der Waals surface area contributed by atoms with Gasteiger partial charge in [-0.2, -0.15) is 0 Å². The summed E-state index contributed by atoms with van der Waals surface area (Å²) >= 11 is 5.24. The minimum Gasteiger partial charge on any atom is -0.467 e. The van der Waals surface area contributed by atoms with Crippen molar-refractivity contribution >= 4 is 31.1 Å². The van der Waals surface area contributed by atoms with Gasteiger partial charge in [0.1, 0.15) is 5.88 Å². The first-order chi connectivity index (χ1) is 7.45. The van der Waals surface area contributed by atoms with Gasteiger partial charge in [0.2, 0.25) is 11.7 Å². The number of hydrogen-bond donors (Lipinski definition) is 1. The molecule has 1 atom stereocenters. The summed E-state index contributed by atoms with van der Waals surface area (Å²) in [5.41, 5.74) is 0. The first kappa shape index (κ1) is 15.4. The van der Waals surface area contributed by atoms with E-state index in [9.17, 15) is 14.2 Å². The predicted octanol–water partition coefficient (Wildman–Crippen LogP) is 0.326. The highest BCUT2D eigenvalue weighted by atomic mass is 35.5. The number of alkyl halides is 1. The number of amides is 1. The number of carbonyl (C=O) groups is 2. The molecule has 0 radical (unpaired) electrons. The molecule has 0 spiro atoms. The lowest BCUT2D eigenvalue weighted by atomic mass is 10.6. The van der Waals surface area contributed by atoms with Crippen LogP contribution in [-0.4, -0.2) is 44.9 Å². The van der Waals surface area contributed by atoms with Crippen molar-refractivity contribution in [3.8, 4) is 0 Å². The molecule has 0 bridgehead atoms. The summed E-state index contributed by atoms with van der Waals surface area (Å²) in [6.07, 6.45) is 0. The predicted molar refractivity (Wildman–Crippen MR) is 56.3 cm³/mol. The van der Waals surface area contributed by atoms with Gasteiger partial charge in [-0.3, -0.25) is 9.36 Å². The zero-order chi connectivity index (χ0) is 12.8. The highest BCUT2D eigenvalue weighted by Gasteiger charge is 2.42. The van der Waals surface area contributed by atoms with Crippen molar-refractivity contribution in [2.24, 2.45) is 0 Å². The smallest absolute Gasteiger partial charge is 0.363 e. The van der Waals surface area contributed by atoms with Crippen LogP contribution >= 0.6 is 19.2 Å². The third kappa shape index (κ3) is 3.75. The summed E-state index contributed by atoms with van der Waals surface area (Å²) in [6.45, 7) is 0. The number of rotatable bonds is 6. The van der Waals surface area contributed by atoms with Gasteiger partial charge in [-0.15, -0.1) is 11.6 Å². The standard InChI is InChI=1S/C7H13ClNO6P/c1-13-7(11)6(9-5(10)4-8)16(12,14-2)15-3/h6H,4H2,1-3H3,(H,9,10). The van der Waals surface area contributed by atoms with Gasteiger partial charge in [0.05, 0.1) is 7.11 Å². The van der Waals surface area contributed by atoms with Crippen LogP contribution in [0.15, 0.2) is 0 Å². The van der Waals surface area contributed by atoms with E-state index in [0.717, 1.165) is 21.3 Å². The van der Waals surface area contributed by atoms with E-state index in [0.29, 0.717) is 0 Å². The number of carbonyl (C=O) groups excluding carboxylic acids is 2. The Kier molecular flexibility index (Phi) is 6.59. The van der Waals surface area contributed by atoms with Gasteiger partial charge in [-0.25, -0.2) is 4.79 Å². The number of hydrogen-bond acceptors (Lipinski definition) is 6. The van der Waals surface area contributed by atoms with Crippen molar-refractivity contribution < 1.29 is 27.9 Å². The van der Waals surface area contributed by atoms with Gasteiger partial charge in [0.25, 0.3) is 0 Å². The van der Waals surface area contributed by atoms with Crippen LogP contribution in [0.2, 0.25) is 0 Å². The quantitative estimate of drug-likeness (QED) is 0.426. The molecular formula is C7H13ClNO6P. The Morgan fingerprint density at radius 3 is 2.12 bits per heavy atom. The van der Waals surface area contributed by atoms with Crippen molar-refractivity contribution in [1.82, 2.24) is 5.32 Å². The summed E-state index contributed by atoms with van der Waals surface area (Å²) in [5.74, 6) is -3.54. The molecule has 0 aliphatic rings. The van der Waals surface area contributed by atoms with Gasteiger partial charge in [-0.05, 0) is 0 Å².